The van der Waals surface area contributed by atoms with Crippen molar-refractivity contribution in [3.63, 3.8) is 0 Å². The molecule has 0 aliphatic carbocycles. The Kier molecular flexibility index (Phi) is 7.27. The van der Waals surface area contributed by atoms with Crippen LogP contribution in [0.1, 0.15) is 17.5 Å². The Morgan fingerprint density at radius 1 is 1.53 bits per heavy atom. The number of aliphatic hydroxyl groups is 1. The van der Waals surface area contributed by atoms with Crippen molar-refractivity contribution in [3.8, 4) is 0 Å². The topological polar surface area (TPSA) is 46.5 Å². The van der Waals surface area contributed by atoms with Gasteiger partial charge in [-0.1, -0.05) is 0 Å². The Balaban J connectivity index is 0.00000196. The molecule has 1 rings (SSSR count). The zero-order chi connectivity index (χ0) is 10.4. The maximum Gasteiger partial charge on any atom is 0.305 e. The summed E-state index contributed by atoms with van der Waals surface area (Å²) in [6.07, 6.45) is 0.935. The molecule has 0 saturated carbocycles. The van der Waals surface area contributed by atoms with Gasteiger partial charge in [0.15, 0.2) is 0 Å². The van der Waals surface area contributed by atoms with Crippen molar-refractivity contribution in [2.45, 2.75) is 19.4 Å². The van der Waals surface area contributed by atoms with Gasteiger partial charge in [0, 0.05) is 34.1 Å². The van der Waals surface area contributed by atoms with Gasteiger partial charge in [-0.3, -0.25) is 4.79 Å². The number of hydrogen-bond acceptors (Lipinski definition) is 3. The number of carbonyl (C=O) groups excluding carboxylic acids is 1. The first kappa shape index (κ1) is 14.3. The van der Waals surface area contributed by atoms with Crippen molar-refractivity contribution in [1.82, 2.24) is 0 Å². The average molecular weight is 377 g/mol. The second kappa shape index (κ2) is 7.61. The number of benzene rings is 1. The molecule has 0 bridgehead atoms. The van der Waals surface area contributed by atoms with Gasteiger partial charge in [-0.25, -0.2) is 0 Å². The molecule has 0 aliphatic rings. The Morgan fingerprint density at radius 2 is 2.27 bits per heavy atom. The summed E-state index contributed by atoms with van der Waals surface area (Å²) in [6, 6.07) is 8.23. The first-order valence-electron chi connectivity index (χ1n) is 4.43. The summed E-state index contributed by atoms with van der Waals surface area (Å²) in [5.41, 5.74) is 1.79. The molecule has 1 N–H and O–H groups in total. The van der Waals surface area contributed by atoms with E-state index < -0.39 is 0 Å². The number of hydrogen-bond donors (Lipinski definition) is 1. The predicted molar refractivity (Wildman–Crippen MR) is 51.5 cm³/mol. The summed E-state index contributed by atoms with van der Waals surface area (Å²) in [5, 5.41) is 9.00. The molecule has 82 valence electrons. The van der Waals surface area contributed by atoms with Gasteiger partial charge in [0.2, 0.25) is 0 Å². The second-order valence-corrected chi connectivity index (χ2v) is 2.93. The fraction of sp³-hybridized carbons (Fsp3) is 0.364. The molecule has 0 aromatic heterocycles. The Labute approximate surface area is 104 Å². The minimum absolute atomic E-state index is 0. The molecule has 1 aromatic rings. The van der Waals surface area contributed by atoms with E-state index in [0.29, 0.717) is 12.8 Å². The number of rotatable bonds is 4. The average Bonchev–Trinajstić information content (AvgIpc) is 2.26. The summed E-state index contributed by atoms with van der Waals surface area (Å²) < 4.78 is 4.54. The molecular formula is C11H13O3W-. The molecule has 0 atom stereocenters. The minimum Gasteiger partial charge on any atom is -0.469 e. The van der Waals surface area contributed by atoms with Crippen LogP contribution in [0.4, 0.5) is 0 Å². The summed E-state index contributed by atoms with van der Waals surface area (Å²) in [5.74, 6) is -0.235. The quantitative estimate of drug-likeness (QED) is 0.631. The molecule has 0 heterocycles. The van der Waals surface area contributed by atoms with Crippen LogP contribution >= 0.6 is 0 Å². The van der Waals surface area contributed by atoms with Crippen molar-refractivity contribution in [2.24, 2.45) is 0 Å². The molecule has 0 fully saturated rings. The van der Waals surface area contributed by atoms with Crippen molar-refractivity contribution >= 4 is 5.97 Å². The number of aryl methyl sites for hydroxylation is 1. The zero-order valence-electron chi connectivity index (χ0n) is 8.53. The van der Waals surface area contributed by atoms with Crippen molar-refractivity contribution in [1.29, 1.82) is 0 Å². The van der Waals surface area contributed by atoms with E-state index in [4.69, 9.17) is 5.11 Å². The first-order valence-corrected chi connectivity index (χ1v) is 4.43. The van der Waals surface area contributed by atoms with Crippen LogP contribution in [0, 0.1) is 6.07 Å². The van der Waals surface area contributed by atoms with E-state index in [9.17, 15) is 4.79 Å². The van der Waals surface area contributed by atoms with E-state index in [1.54, 1.807) is 12.1 Å². The SMILES string of the molecule is COC(=O)CCc1cc[c-]cc1CO.[W]. The number of carbonyl (C=O) groups is 1. The van der Waals surface area contributed by atoms with Gasteiger partial charge in [0.25, 0.3) is 0 Å². The smallest absolute Gasteiger partial charge is 0.305 e. The van der Waals surface area contributed by atoms with Gasteiger partial charge < -0.3 is 9.84 Å². The minimum atomic E-state index is -0.235. The fourth-order valence-corrected chi connectivity index (χ4v) is 1.23. The number of methoxy groups -OCH3 is 1. The monoisotopic (exact) mass is 377 g/mol. The Hall–Kier alpha value is -0.662. The number of esters is 1. The summed E-state index contributed by atoms with van der Waals surface area (Å²) in [7, 11) is 1.37. The summed E-state index contributed by atoms with van der Waals surface area (Å²) in [4.78, 5) is 10.9. The van der Waals surface area contributed by atoms with Crippen LogP contribution < -0.4 is 0 Å². The summed E-state index contributed by atoms with van der Waals surface area (Å²) in [6.45, 7) is -0.0200. The van der Waals surface area contributed by atoms with E-state index >= 15 is 0 Å². The van der Waals surface area contributed by atoms with E-state index in [1.165, 1.54) is 7.11 Å². The number of ether oxygens (including phenoxy) is 1. The second-order valence-electron chi connectivity index (χ2n) is 2.93. The normalized spacial score (nSPS) is 9.20. The summed E-state index contributed by atoms with van der Waals surface area (Å²) >= 11 is 0. The van der Waals surface area contributed by atoms with Gasteiger partial charge in [-0.05, 0) is 6.42 Å². The van der Waals surface area contributed by atoms with Crippen LogP contribution in [0.5, 0.6) is 0 Å². The molecule has 0 saturated heterocycles. The number of aliphatic hydroxyl groups excluding tert-OH is 1. The fourth-order valence-electron chi connectivity index (χ4n) is 1.23. The standard InChI is InChI=1S/C11H13O3.W/c1-14-11(13)7-6-9-4-2-3-5-10(9)8-12;/h2,4-5,12H,6-8H2,1H3;/q-1;. The molecule has 0 unspecified atom stereocenters. The molecule has 0 aliphatic heterocycles. The van der Waals surface area contributed by atoms with Gasteiger partial charge in [-0.2, -0.15) is 29.8 Å². The molecule has 4 heteroatoms. The van der Waals surface area contributed by atoms with Crippen LogP contribution in [0.15, 0.2) is 18.2 Å². The molecule has 0 radical (unpaired) electrons. The first-order chi connectivity index (χ1) is 6.77. The maximum absolute atomic E-state index is 10.9. The van der Waals surface area contributed by atoms with Gasteiger partial charge in [0.1, 0.15) is 0 Å². The third-order valence-electron chi connectivity index (χ3n) is 2.05. The van der Waals surface area contributed by atoms with Crippen molar-refractivity contribution < 1.29 is 35.7 Å². The molecular weight excluding hydrogens is 364 g/mol. The maximum atomic E-state index is 10.9. The predicted octanol–water partition coefficient (Wildman–Crippen LogP) is 1.08. The Morgan fingerprint density at radius 3 is 2.87 bits per heavy atom. The third-order valence-corrected chi connectivity index (χ3v) is 2.05. The van der Waals surface area contributed by atoms with Crippen molar-refractivity contribution in [2.75, 3.05) is 7.11 Å². The van der Waals surface area contributed by atoms with E-state index in [1.807, 2.05) is 6.07 Å². The van der Waals surface area contributed by atoms with Gasteiger partial charge >= 0.3 is 5.97 Å². The molecule has 1 aromatic carbocycles. The van der Waals surface area contributed by atoms with Crippen molar-refractivity contribution in [3.05, 3.63) is 35.4 Å². The van der Waals surface area contributed by atoms with Crippen LogP contribution in [0.25, 0.3) is 0 Å². The van der Waals surface area contributed by atoms with Gasteiger partial charge in [-0.15, -0.1) is 5.56 Å². The van der Waals surface area contributed by atoms with E-state index in [0.717, 1.165) is 11.1 Å². The molecule has 0 spiro atoms. The van der Waals surface area contributed by atoms with Crippen LogP contribution in [-0.2, 0) is 43.6 Å². The van der Waals surface area contributed by atoms with Crippen LogP contribution in [0.3, 0.4) is 0 Å². The van der Waals surface area contributed by atoms with E-state index in [-0.39, 0.29) is 33.6 Å². The molecule has 15 heavy (non-hydrogen) atoms. The zero-order valence-corrected chi connectivity index (χ0v) is 11.5. The third kappa shape index (κ3) is 4.59. The molecule has 3 nitrogen and oxygen atoms in total. The van der Waals surface area contributed by atoms with E-state index in [2.05, 4.69) is 10.8 Å². The molecule has 0 amide bonds. The Bertz CT molecular complexity index is 312. The largest absolute Gasteiger partial charge is 0.469 e. The van der Waals surface area contributed by atoms with Crippen LogP contribution in [-0.4, -0.2) is 18.2 Å². The van der Waals surface area contributed by atoms with Gasteiger partial charge in [0.05, 0.1) is 7.11 Å². The van der Waals surface area contributed by atoms with Crippen LogP contribution in [0.2, 0.25) is 0 Å².